The third-order valence-corrected chi connectivity index (χ3v) is 2.66. The van der Waals surface area contributed by atoms with E-state index in [1.54, 1.807) is 13.0 Å². The summed E-state index contributed by atoms with van der Waals surface area (Å²) in [5.41, 5.74) is 0.399. The van der Waals surface area contributed by atoms with E-state index in [0.717, 1.165) is 10.9 Å². The highest BCUT2D eigenvalue weighted by Gasteiger charge is 2.30. The summed E-state index contributed by atoms with van der Waals surface area (Å²) in [7, 11) is 0. The Bertz CT molecular complexity index is 391. The first-order chi connectivity index (χ1) is 7.95. The molecular weight excluding hydrogens is 288 g/mol. The molecule has 0 amide bonds. The molecule has 0 aromatic heterocycles. The highest BCUT2D eigenvalue weighted by molar-refractivity contribution is 9.11. The van der Waals surface area contributed by atoms with Gasteiger partial charge < -0.3 is 9.47 Å². The van der Waals surface area contributed by atoms with Gasteiger partial charge >= 0.3 is 11.9 Å². The predicted octanol–water partition coefficient (Wildman–Crippen LogP) is 2.83. The SMILES string of the molecule is CCCC(OC(C)=O)C1=C/C(=C(\C)Br)OC1=O. The van der Waals surface area contributed by atoms with Gasteiger partial charge in [0, 0.05) is 11.4 Å². The molecule has 17 heavy (non-hydrogen) atoms. The first-order valence-corrected chi connectivity index (χ1v) is 6.22. The van der Waals surface area contributed by atoms with Crippen LogP contribution in [0.25, 0.3) is 0 Å². The van der Waals surface area contributed by atoms with Gasteiger partial charge in [-0.25, -0.2) is 4.79 Å². The summed E-state index contributed by atoms with van der Waals surface area (Å²) < 4.78 is 10.9. The lowest BCUT2D eigenvalue weighted by atomic mass is 10.1. The van der Waals surface area contributed by atoms with E-state index >= 15 is 0 Å². The van der Waals surface area contributed by atoms with E-state index in [1.165, 1.54) is 6.92 Å². The van der Waals surface area contributed by atoms with E-state index in [0.29, 0.717) is 17.8 Å². The maximum Gasteiger partial charge on any atom is 0.343 e. The standard InChI is InChI=1S/C12H15BrO4/c1-4-5-10(16-8(3)14)9-6-11(7(2)13)17-12(9)15/h6,10H,4-5H2,1-3H3/b11-7-. The van der Waals surface area contributed by atoms with Crippen molar-refractivity contribution in [3.8, 4) is 0 Å². The molecule has 0 saturated carbocycles. The van der Waals surface area contributed by atoms with Crippen LogP contribution < -0.4 is 0 Å². The minimum absolute atomic E-state index is 0.398. The van der Waals surface area contributed by atoms with Gasteiger partial charge in [-0.3, -0.25) is 4.79 Å². The molecule has 4 nitrogen and oxygen atoms in total. The Labute approximate surface area is 109 Å². The van der Waals surface area contributed by atoms with Crippen molar-refractivity contribution in [2.24, 2.45) is 0 Å². The van der Waals surface area contributed by atoms with Crippen LogP contribution >= 0.6 is 15.9 Å². The summed E-state index contributed by atoms with van der Waals surface area (Å²) in [4.78, 5) is 22.6. The average molecular weight is 303 g/mol. The van der Waals surface area contributed by atoms with Crippen LogP contribution in [0.3, 0.4) is 0 Å². The van der Waals surface area contributed by atoms with Crippen LogP contribution in [-0.4, -0.2) is 18.0 Å². The fraction of sp³-hybridized carbons (Fsp3) is 0.500. The molecule has 1 unspecified atom stereocenters. The Morgan fingerprint density at radius 3 is 2.59 bits per heavy atom. The number of halogens is 1. The van der Waals surface area contributed by atoms with Gasteiger partial charge in [-0.05, 0) is 19.4 Å². The lowest BCUT2D eigenvalue weighted by molar-refractivity contribution is -0.146. The zero-order valence-corrected chi connectivity index (χ0v) is 11.7. The van der Waals surface area contributed by atoms with Crippen molar-refractivity contribution in [2.45, 2.75) is 39.7 Å². The zero-order valence-electron chi connectivity index (χ0n) is 10.1. The number of ether oxygens (including phenoxy) is 2. The summed E-state index contributed by atoms with van der Waals surface area (Å²) in [6, 6.07) is 0. The van der Waals surface area contributed by atoms with Crippen LogP contribution in [0, 0.1) is 0 Å². The van der Waals surface area contributed by atoms with E-state index in [1.807, 2.05) is 6.92 Å². The summed E-state index contributed by atoms with van der Waals surface area (Å²) in [5, 5.41) is 0. The van der Waals surface area contributed by atoms with Crippen molar-refractivity contribution in [3.05, 3.63) is 21.9 Å². The van der Waals surface area contributed by atoms with Gasteiger partial charge in [-0.15, -0.1) is 0 Å². The van der Waals surface area contributed by atoms with Crippen LogP contribution in [0.4, 0.5) is 0 Å². The van der Waals surface area contributed by atoms with Gasteiger partial charge in [0.1, 0.15) is 11.9 Å². The molecule has 0 spiro atoms. The van der Waals surface area contributed by atoms with Crippen LogP contribution in [0.15, 0.2) is 21.9 Å². The molecule has 0 radical (unpaired) electrons. The number of carbonyl (C=O) groups excluding carboxylic acids is 2. The Kier molecular flexibility index (Phi) is 4.93. The molecular formula is C12H15BrO4. The van der Waals surface area contributed by atoms with Gasteiger partial charge in [0.05, 0.1) is 5.57 Å². The highest BCUT2D eigenvalue weighted by Crippen LogP contribution is 2.27. The maximum absolute atomic E-state index is 11.7. The molecule has 0 aromatic carbocycles. The molecule has 0 aromatic rings. The minimum atomic E-state index is -0.519. The molecule has 1 rings (SSSR count). The van der Waals surface area contributed by atoms with Crippen molar-refractivity contribution < 1.29 is 19.1 Å². The van der Waals surface area contributed by atoms with E-state index in [4.69, 9.17) is 9.47 Å². The average Bonchev–Trinajstić information content (AvgIpc) is 2.59. The second-order valence-corrected chi connectivity index (χ2v) is 4.96. The normalized spacial score (nSPS) is 19.5. The Morgan fingerprint density at radius 2 is 2.18 bits per heavy atom. The maximum atomic E-state index is 11.7. The quantitative estimate of drug-likeness (QED) is 0.749. The smallest absolute Gasteiger partial charge is 0.343 e. The number of hydrogen-bond donors (Lipinski definition) is 0. The van der Waals surface area contributed by atoms with E-state index in [9.17, 15) is 9.59 Å². The Balaban J connectivity index is 2.94. The molecule has 1 atom stereocenters. The van der Waals surface area contributed by atoms with Gasteiger partial charge in [0.25, 0.3) is 0 Å². The van der Waals surface area contributed by atoms with Crippen molar-refractivity contribution in [1.82, 2.24) is 0 Å². The summed E-state index contributed by atoms with van der Waals surface area (Å²) in [6.45, 7) is 5.07. The van der Waals surface area contributed by atoms with Gasteiger partial charge in [0.2, 0.25) is 0 Å². The third kappa shape index (κ3) is 3.70. The van der Waals surface area contributed by atoms with Crippen molar-refractivity contribution in [3.63, 3.8) is 0 Å². The van der Waals surface area contributed by atoms with Crippen LogP contribution in [0.1, 0.15) is 33.6 Å². The third-order valence-electron chi connectivity index (χ3n) is 2.27. The van der Waals surface area contributed by atoms with Gasteiger partial charge in [-0.1, -0.05) is 29.3 Å². The number of allylic oxidation sites excluding steroid dienone is 2. The Morgan fingerprint density at radius 1 is 1.53 bits per heavy atom. The summed E-state index contributed by atoms with van der Waals surface area (Å²) in [6.07, 6.45) is 2.52. The first-order valence-electron chi connectivity index (χ1n) is 5.43. The molecule has 0 bridgehead atoms. The molecule has 0 saturated heterocycles. The lowest BCUT2D eigenvalue weighted by Gasteiger charge is -2.15. The van der Waals surface area contributed by atoms with E-state index in [-0.39, 0.29) is 0 Å². The molecule has 1 aliphatic rings. The van der Waals surface area contributed by atoms with E-state index in [2.05, 4.69) is 15.9 Å². The topological polar surface area (TPSA) is 52.6 Å². The van der Waals surface area contributed by atoms with Crippen molar-refractivity contribution in [1.29, 1.82) is 0 Å². The van der Waals surface area contributed by atoms with Crippen LogP contribution in [0.2, 0.25) is 0 Å². The number of carbonyl (C=O) groups is 2. The summed E-state index contributed by atoms with van der Waals surface area (Å²) in [5.74, 6) is -0.373. The Hall–Kier alpha value is -1.10. The summed E-state index contributed by atoms with van der Waals surface area (Å²) >= 11 is 3.25. The number of cyclic esters (lactones) is 1. The number of rotatable bonds is 4. The predicted molar refractivity (Wildman–Crippen MR) is 66.3 cm³/mol. The van der Waals surface area contributed by atoms with E-state index < -0.39 is 18.0 Å². The highest BCUT2D eigenvalue weighted by atomic mass is 79.9. The van der Waals surface area contributed by atoms with Gasteiger partial charge in [0.15, 0.2) is 0 Å². The molecule has 0 aliphatic carbocycles. The fourth-order valence-corrected chi connectivity index (χ4v) is 1.72. The molecule has 1 aliphatic heterocycles. The number of esters is 2. The number of hydrogen-bond acceptors (Lipinski definition) is 4. The minimum Gasteiger partial charge on any atom is -0.457 e. The molecule has 1 heterocycles. The van der Waals surface area contributed by atoms with Gasteiger partial charge in [-0.2, -0.15) is 0 Å². The largest absolute Gasteiger partial charge is 0.457 e. The molecule has 0 N–H and O–H groups in total. The second-order valence-electron chi connectivity index (χ2n) is 3.77. The lowest BCUT2D eigenvalue weighted by Crippen LogP contribution is -2.22. The molecule has 94 valence electrons. The molecule has 5 heteroatoms. The second kappa shape index (κ2) is 6.00. The van der Waals surface area contributed by atoms with Crippen molar-refractivity contribution >= 4 is 27.9 Å². The van der Waals surface area contributed by atoms with Crippen LogP contribution in [-0.2, 0) is 19.1 Å². The first kappa shape index (κ1) is 14.0. The monoisotopic (exact) mass is 302 g/mol. The van der Waals surface area contributed by atoms with Crippen molar-refractivity contribution in [2.75, 3.05) is 0 Å². The fourth-order valence-electron chi connectivity index (χ4n) is 1.52. The van der Waals surface area contributed by atoms with Crippen LogP contribution in [0.5, 0.6) is 0 Å². The molecule has 0 fully saturated rings. The zero-order chi connectivity index (χ0) is 13.0.